The molecule has 0 saturated carbocycles. The molecule has 30 heavy (non-hydrogen) atoms. The Bertz CT molecular complexity index is 1240. The van der Waals surface area contributed by atoms with Gasteiger partial charge in [-0.25, -0.2) is 4.68 Å². The smallest absolute Gasteiger partial charge is 0.275 e. The molecule has 0 saturated heterocycles. The number of hydrogen-bond acceptors (Lipinski definition) is 4. The van der Waals surface area contributed by atoms with Crippen LogP contribution in [0.1, 0.15) is 16.8 Å². The van der Waals surface area contributed by atoms with Crippen LogP contribution in [0.5, 0.6) is 0 Å². The fraction of sp³-hybridized carbons (Fsp3) is 0.130. The Labute approximate surface area is 178 Å². The molecule has 1 amide bonds. The monoisotopic (exact) mass is 418 g/mol. The molecule has 0 aliphatic heterocycles. The van der Waals surface area contributed by atoms with E-state index in [0.717, 1.165) is 22.2 Å². The number of halogens is 1. The van der Waals surface area contributed by atoms with E-state index in [9.17, 15) is 9.59 Å². The fourth-order valence-electron chi connectivity index (χ4n) is 3.23. The summed E-state index contributed by atoms with van der Waals surface area (Å²) < 4.78 is 1.23. The number of nitrogens with one attached hydrogen (secondary N) is 1. The van der Waals surface area contributed by atoms with Crippen molar-refractivity contribution in [3.8, 4) is 0 Å². The van der Waals surface area contributed by atoms with E-state index in [1.165, 1.54) is 4.68 Å². The lowest BCUT2D eigenvalue weighted by molar-refractivity contribution is -0.122. The van der Waals surface area contributed by atoms with Crippen LogP contribution in [0.3, 0.4) is 0 Å². The number of amides is 1. The molecule has 2 aromatic heterocycles. The summed E-state index contributed by atoms with van der Waals surface area (Å²) in [5.74, 6) is -0.290. The molecule has 6 nitrogen and oxygen atoms in total. The molecule has 1 N–H and O–H groups in total. The molecular weight excluding hydrogens is 400 g/mol. The van der Waals surface area contributed by atoms with Crippen LogP contribution < -0.4 is 10.9 Å². The lowest BCUT2D eigenvalue weighted by atomic mass is 10.1. The van der Waals surface area contributed by atoms with Crippen LogP contribution in [-0.2, 0) is 24.3 Å². The Morgan fingerprint density at radius 3 is 2.47 bits per heavy atom. The average molecular weight is 419 g/mol. The number of hydrogen-bond donors (Lipinski definition) is 1. The third-order valence-corrected chi connectivity index (χ3v) is 4.99. The summed E-state index contributed by atoms with van der Waals surface area (Å²) in [7, 11) is 0. The maximum Gasteiger partial charge on any atom is 0.275 e. The van der Waals surface area contributed by atoms with Gasteiger partial charge in [-0.2, -0.15) is 5.10 Å². The number of nitrogens with zero attached hydrogens (tertiary/aromatic N) is 3. The highest BCUT2D eigenvalue weighted by atomic mass is 35.5. The van der Waals surface area contributed by atoms with Gasteiger partial charge in [0.15, 0.2) is 0 Å². The van der Waals surface area contributed by atoms with Gasteiger partial charge in [0.2, 0.25) is 5.91 Å². The first-order valence-corrected chi connectivity index (χ1v) is 9.87. The molecule has 150 valence electrons. The highest BCUT2D eigenvalue weighted by Crippen LogP contribution is 2.16. The Balaban J connectivity index is 1.58. The second kappa shape index (κ2) is 8.88. The number of pyridine rings is 1. The van der Waals surface area contributed by atoms with Gasteiger partial charge < -0.3 is 5.32 Å². The zero-order valence-electron chi connectivity index (χ0n) is 16.1. The third kappa shape index (κ3) is 4.55. The standard InChI is InChI=1S/C23H19ClN4O2/c24-18-9-7-16(8-10-18)14-26-22(29)15-28-23(30)20-6-2-1-5-19(20)21(27-28)12-17-4-3-11-25-13-17/h1-11,13H,12,14-15H2,(H,26,29). The minimum absolute atomic E-state index is 0.155. The van der Waals surface area contributed by atoms with Crippen molar-refractivity contribution < 1.29 is 4.79 Å². The molecule has 0 radical (unpaired) electrons. The van der Waals surface area contributed by atoms with Crippen LogP contribution in [0.4, 0.5) is 0 Å². The lowest BCUT2D eigenvalue weighted by Crippen LogP contribution is -2.34. The molecule has 0 atom stereocenters. The van der Waals surface area contributed by atoms with Crippen molar-refractivity contribution in [3.63, 3.8) is 0 Å². The minimum atomic E-state index is -0.290. The van der Waals surface area contributed by atoms with Crippen molar-refractivity contribution in [1.82, 2.24) is 20.1 Å². The maximum atomic E-state index is 12.9. The number of carbonyl (C=O) groups excluding carboxylic acids is 1. The van der Waals surface area contributed by atoms with Gasteiger partial charge >= 0.3 is 0 Å². The van der Waals surface area contributed by atoms with Crippen LogP contribution in [0.2, 0.25) is 5.02 Å². The minimum Gasteiger partial charge on any atom is -0.350 e. The summed E-state index contributed by atoms with van der Waals surface area (Å²) in [4.78, 5) is 29.5. The molecule has 0 fully saturated rings. The van der Waals surface area contributed by atoms with Crippen molar-refractivity contribution in [3.05, 3.63) is 105 Å². The molecule has 7 heteroatoms. The van der Waals surface area contributed by atoms with Crippen molar-refractivity contribution in [1.29, 1.82) is 0 Å². The van der Waals surface area contributed by atoms with Gasteiger partial charge in [0.25, 0.3) is 5.56 Å². The van der Waals surface area contributed by atoms with Gasteiger partial charge in [0, 0.05) is 35.8 Å². The largest absolute Gasteiger partial charge is 0.350 e. The molecule has 0 spiro atoms. The van der Waals surface area contributed by atoms with Gasteiger partial charge in [-0.05, 0) is 35.4 Å². The highest BCUT2D eigenvalue weighted by molar-refractivity contribution is 6.30. The summed E-state index contributed by atoms with van der Waals surface area (Å²) in [6.07, 6.45) is 3.99. The summed E-state index contributed by atoms with van der Waals surface area (Å²) in [5, 5.41) is 9.28. The van der Waals surface area contributed by atoms with Gasteiger partial charge in [-0.15, -0.1) is 0 Å². The molecular formula is C23H19ClN4O2. The molecule has 0 unspecified atom stereocenters. The number of benzene rings is 2. The van der Waals surface area contributed by atoms with E-state index in [1.807, 2.05) is 42.5 Å². The fourth-order valence-corrected chi connectivity index (χ4v) is 3.36. The van der Waals surface area contributed by atoms with Crippen LogP contribution in [0.25, 0.3) is 10.8 Å². The predicted octanol–water partition coefficient (Wildman–Crippen LogP) is 3.35. The zero-order valence-corrected chi connectivity index (χ0v) is 16.8. The average Bonchev–Trinajstić information content (AvgIpc) is 2.77. The first-order chi connectivity index (χ1) is 14.6. The van der Waals surface area contributed by atoms with E-state index in [-0.39, 0.29) is 18.0 Å². The van der Waals surface area contributed by atoms with E-state index in [1.54, 1.807) is 30.6 Å². The Kier molecular flexibility index (Phi) is 5.86. The van der Waals surface area contributed by atoms with Crippen molar-refractivity contribution in [2.45, 2.75) is 19.5 Å². The van der Waals surface area contributed by atoms with Crippen LogP contribution in [0, 0.1) is 0 Å². The molecule has 4 rings (SSSR count). The topological polar surface area (TPSA) is 76.9 Å². The zero-order chi connectivity index (χ0) is 20.9. The number of carbonyl (C=O) groups is 1. The number of fused-ring (bicyclic) bond motifs is 1. The molecule has 0 aliphatic rings. The van der Waals surface area contributed by atoms with E-state index in [4.69, 9.17) is 11.6 Å². The van der Waals surface area contributed by atoms with E-state index < -0.39 is 0 Å². The van der Waals surface area contributed by atoms with Crippen LogP contribution >= 0.6 is 11.6 Å². The summed E-state index contributed by atoms with van der Waals surface area (Å²) in [6, 6.07) is 18.3. The lowest BCUT2D eigenvalue weighted by Gasteiger charge is -2.11. The van der Waals surface area contributed by atoms with E-state index in [2.05, 4.69) is 15.4 Å². The van der Waals surface area contributed by atoms with Crippen molar-refractivity contribution in [2.24, 2.45) is 0 Å². The Morgan fingerprint density at radius 1 is 0.967 bits per heavy atom. The third-order valence-electron chi connectivity index (χ3n) is 4.73. The van der Waals surface area contributed by atoms with Gasteiger partial charge in [-0.3, -0.25) is 14.6 Å². The molecule has 2 aromatic carbocycles. The number of aromatic nitrogens is 3. The SMILES string of the molecule is O=C(Cn1nc(Cc2cccnc2)c2ccccc2c1=O)NCc1ccc(Cl)cc1. The second-order valence-electron chi connectivity index (χ2n) is 6.90. The number of rotatable bonds is 6. The Hall–Kier alpha value is -3.51. The maximum absolute atomic E-state index is 12.9. The van der Waals surface area contributed by atoms with Crippen molar-refractivity contribution in [2.75, 3.05) is 0 Å². The normalized spacial score (nSPS) is 10.8. The van der Waals surface area contributed by atoms with Gasteiger partial charge in [0.05, 0.1) is 11.1 Å². The molecule has 4 aromatic rings. The Morgan fingerprint density at radius 2 is 1.73 bits per heavy atom. The molecule has 0 bridgehead atoms. The van der Waals surface area contributed by atoms with Gasteiger partial charge in [0.1, 0.15) is 6.54 Å². The first kappa shape index (κ1) is 19.8. The van der Waals surface area contributed by atoms with E-state index in [0.29, 0.717) is 23.4 Å². The second-order valence-corrected chi connectivity index (χ2v) is 7.33. The first-order valence-electron chi connectivity index (χ1n) is 9.49. The van der Waals surface area contributed by atoms with Crippen molar-refractivity contribution >= 4 is 28.3 Å². The summed E-state index contributed by atoms with van der Waals surface area (Å²) in [6.45, 7) is 0.193. The molecule has 2 heterocycles. The van der Waals surface area contributed by atoms with E-state index >= 15 is 0 Å². The van der Waals surface area contributed by atoms with Gasteiger partial charge in [-0.1, -0.05) is 48.0 Å². The summed E-state index contributed by atoms with van der Waals surface area (Å²) in [5.41, 5.74) is 2.34. The summed E-state index contributed by atoms with van der Waals surface area (Å²) >= 11 is 5.88. The van der Waals surface area contributed by atoms with Crippen LogP contribution in [-0.4, -0.2) is 20.7 Å². The molecule has 0 aliphatic carbocycles. The quantitative estimate of drug-likeness (QED) is 0.521. The highest BCUT2D eigenvalue weighted by Gasteiger charge is 2.13. The van der Waals surface area contributed by atoms with Crippen LogP contribution in [0.15, 0.2) is 77.9 Å². The predicted molar refractivity (Wildman–Crippen MR) is 116 cm³/mol.